The third-order valence-electron chi connectivity index (χ3n) is 2.95. The second-order valence-electron chi connectivity index (χ2n) is 4.42. The number of alkyl halides is 1. The molecular weight excluding hydrogens is 306 g/mol. The van der Waals surface area contributed by atoms with E-state index in [2.05, 4.69) is 21.2 Å². The Morgan fingerprint density at radius 3 is 2.53 bits per heavy atom. The van der Waals surface area contributed by atoms with E-state index >= 15 is 0 Å². The van der Waals surface area contributed by atoms with Gasteiger partial charge in [0.2, 0.25) is 0 Å². The number of amides is 1. The molecule has 2 rings (SSSR count). The molecule has 0 saturated carbocycles. The summed E-state index contributed by atoms with van der Waals surface area (Å²) in [5, 5.41) is 3.67. The maximum absolute atomic E-state index is 12.2. The fraction of sp³-hybridized carbons (Fsp3) is 0.267. The van der Waals surface area contributed by atoms with Crippen molar-refractivity contribution in [2.75, 3.05) is 5.33 Å². The monoisotopic (exact) mass is 321 g/mol. The van der Waals surface area contributed by atoms with Gasteiger partial charge in [0.25, 0.3) is 5.91 Å². The highest BCUT2D eigenvalue weighted by Gasteiger charge is 2.18. The van der Waals surface area contributed by atoms with Gasteiger partial charge >= 0.3 is 0 Å². The lowest BCUT2D eigenvalue weighted by molar-refractivity contribution is 0.0939. The fourth-order valence-electron chi connectivity index (χ4n) is 1.99. The second kappa shape index (κ2) is 6.06. The minimum atomic E-state index is -0.109. The lowest BCUT2D eigenvalue weighted by atomic mass is 10.1. The van der Waals surface area contributed by atoms with Gasteiger partial charge in [0, 0.05) is 5.33 Å². The smallest absolute Gasteiger partial charge is 0.255 e. The van der Waals surface area contributed by atoms with Crippen LogP contribution in [0.25, 0.3) is 0 Å². The summed E-state index contributed by atoms with van der Waals surface area (Å²) in [5.41, 5.74) is 1.67. The van der Waals surface area contributed by atoms with E-state index in [1.165, 1.54) is 0 Å². The Hall–Kier alpha value is -1.55. The molecule has 1 N–H and O–H groups in total. The number of carbonyl (C=O) groups excluding carboxylic acids is 1. The Morgan fingerprint density at radius 2 is 2.00 bits per heavy atom. The molecule has 1 atom stereocenters. The number of aryl methyl sites for hydroxylation is 2. The second-order valence-corrected chi connectivity index (χ2v) is 5.07. The number of hydrogen-bond donors (Lipinski definition) is 1. The number of furan rings is 1. The summed E-state index contributed by atoms with van der Waals surface area (Å²) in [5.74, 6) is 1.29. The van der Waals surface area contributed by atoms with E-state index in [0.29, 0.717) is 16.7 Å². The van der Waals surface area contributed by atoms with Crippen LogP contribution in [0.5, 0.6) is 0 Å². The van der Waals surface area contributed by atoms with Crippen molar-refractivity contribution in [1.82, 2.24) is 5.32 Å². The van der Waals surface area contributed by atoms with Crippen molar-refractivity contribution >= 4 is 21.8 Å². The van der Waals surface area contributed by atoms with Crippen molar-refractivity contribution in [3.05, 3.63) is 59.0 Å². The van der Waals surface area contributed by atoms with Gasteiger partial charge in [0.15, 0.2) is 0 Å². The molecule has 100 valence electrons. The number of carbonyl (C=O) groups is 1. The van der Waals surface area contributed by atoms with E-state index in [1.54, 1.807) is 13.0 Å². The highest BCUT2D eigenvalue weighted by Crippen LogP contribution is 2.18. The molecule has 0 spiro atoms. The Bertz CT molecular complexity index is 563. The maximum Gasteiger partial charge on any atom is 0.255 e. The Balaban J connectivity index is 2.15. The van der Waals surface area contributed by atoms with Gasteiger partial charge in [0.05, 0.1) is 11.6 Å². The number of halogens is 1. The van der Waals surface area contributed by atoms with Gasteiger partial charge in [-0.1, -0.05) is 46.3 Å². The summed E-state index contributed by atoms with van der Waals surface area (Å²) in [6.45, 7) is 3.64. The molecule has 0 aliphatic carbocycles. The molecule has 1 aromatic heterocycles. The van der Waals surface area contributed by atoms with Crippen molar-refractivity contribution in [1.29, 1.82) is 0 Å². The van der Waals surface area contributed by atoms with Crippen LogP contribution in [-0.4, -0.2) is 11.2 Å². The van der Waals surface area contributed by atoms with Crippen LogP contribution in [0.1, 0.15) is 33.5 Å². The molecule has 2 aromatic rings. The van der Waals surface area contributed by atoms with Crippen LogP contribution in [0.15, 0.2) is 40.8 Å². The zero-order chi connectivity index (χ0) is 13.8. The van der Waals surface area contributed by atoms with E-state index < -0.39 is 0 Å². The number of rotatable bonds is 4. The van der Waals surface area contributed by atoms with E-state index in [0.717, 1.165) is 11.3 Å². The average molecular weight is 322 g/mol. The molecule has 0 aliphatic rings. The molecule has 1 aromatic carbocycles. The van der Waals surface area contributed by atoms with Crippen molar-refractivity contribution in [3.63, 3.8) is 0 Å². The summed E-state index contributed by atoms with van der Waals surface area (Å²) in [6.07, 6.45) is 0. The molecule has 19 heavy (non-hydrogen) atoms. The topological polar surface area (TPSA) is 42.2 Å². The first-order valence-electron chi connectivity index (χ1n) is 6.10. The summed E-state index contributed by atoms with van der Waals surface area (Å²) in [4.78, 5) is 12.2. The van der Waals surface area contributed by atoms with E-state index in [1.807, 2.05) is 37.3 Å². The zero-order valence-corrected chi connectivity index (χ0v) is 12.5. The van der Waals surface area contributed by atoms with Gasteiger partial charge in [-0.3, -0.25) is 4.79 Å². The minimum Gasteiger partial charge on any atom is -0.466 e. The van der Waals surface area contributed by atoms with E-state index in [-0.39, 0.29) is 11.9 Å². The Morgan fingerprint density at radius 1 is 1.32 bits per heavy atom. The summed E-state index contributed by atoms with van der Waals surface area (Å²) in [6, 6.07) is 11.6. The molecule has 0 bridgehead atoms. The van der Waals surface area contributed by atoms with Gasteiger partial charge in [-0.15, -0.1) is 0 Å². The molecule has 3 nitrogen and oxygen atoms in total. The van der Waals surface area contributed by atoms with Gasteiger partial charge < -0.3 is 9.73 Å². The lowest BCUT2D eigenvalue weighted by Crippen LogP contribution is -2.29. The lowest BCUT2D eigenvalue weighted by Gasteiger charge is -2.16. The van der Waals surface area contributed by atoms with Gasteiger partial charge in [-0.05, 0) is 25.5 Å². The fourth-order valence-corrected chi connectivity index (χ4v) is 2.52. The standard InChI is InChI=1S/C15H16BrNO2/c1-10-8-13(11(2)19-10)15(18)17-14(9-16)12-6-4-3-5-7-12/h3-8,14H,9H2,1-2H3,(H,17,18). The predicted molar refractivity (Wildman–Crippen MR) is 78.6 cm³/mol. The number of benzene rings is 1. The van der Waals surface area contributed by atoms with Gasteiger partial charge in [-0.25, -0.2) is 0 Å². The molecule has 4 heteroatoms. The van der Waals surface area contributed by atoms with E-state index in [9.17, 15) is 4.79 Å². The SMILES string of the molecule is Cc1cc(C(=O)NC(CBr)c2ccccc2)c(C)o1. The average Bonchev–Trinajstić information content (AvgIpc) is 2.76. The zero-order valence-electron chi connectivity index (χ0n) is 10.9. The highest BCUT2D eigenvalue weighted by atomic mass is 79.9. The van der Waals surface area contributed by atoms with Crippen LogP contribution < -0.4 is 5.32 Å². The van der Waals surface area contributed by atoms with Crippen molar-refractivity contribution in [3.8, 4) is 0 Å². The van der Waals surface area contributed by atoms with Crippen molar-refractivity contribution in [2.45, 2.75) is 19.9 Å². The molecule has 0 aliphatic heterocycles. The van der Waals surface area contributed by atoms with Gasteiger partial charge in [-0.2, -0.15) is 0 Å². The summed E-state index contributed by atoms with van der Waals surface area (Å²) < 4.78 is 5.38. The van der Waals surface area contributed by atoms with Crippen LogP contribution in [0, 0.1) is 13.8 Å². The number of hydrogen-bond acceptors (Lipinski definition) is 2. The third kappa shape index (κ3) is 3.26. The molecule has 0 fully saturated rings. The first-order chi connectivity index (χ1) is 9.11. The maximum atomic E-state index is 12.2. The molecule has 1 amide bonds. The largest absolute Gasteiger partial charge is 0.466 e. The van der Waals surface area contributed by atoms with Gasteiger partial charge in [0.1, 0.15) is 11.5 Å². The number of nitrogens with one attached hydrogen (secondary N) is 1. The van der Waals surface area contributed by atoms with Crippen LogP contribution in [0.3, 0.4) is 0 Å². The quantitative estimate of drug-likeness (QED) is 0.871. The summed E-state index contributed by atoms with van der Waals surface area (Å²) >= 11 is 3.44. The van der Waals surface area contributed by atoms with Crippen LogP contribution in [0.4, 0.5) is 0 Å². The normalized spacial score (nSPS) is 12.2. The first-order valence-corrected chi connectivity index (χ1v) is 7.22. The van der Waals surface area contributed by atoms with Crippen molar-refractivity contribution < 1.29 is 9.21 Å². The summed E-state index contributed by atoms with van der Waals surface area (Å²) in [7, 11) is 0. The minimum absolute atomic E-state index is 0.0525. The molecule has 1 heterocycles. The Kier molecular flexibility index (Phi) is 4.43. The third-order valence-corrected chi connectivity index (χ3v) is 3.59. The highest BCUT2D eigenvalue weighted by molar-refractivity contribution is 9.09. The first kappa shape index (κ1) is 13.9. The predicted octanol–water partition coefficient (Wildman–Crippen LogP) is 3.76. The Labute approximate surface area is 121 Å². The van der Waals surface area contributed by atoms with Crippen molar-refractivity contribution in [2.24, 2.45) is 0 Å². The van der Waals surface area contributed by atoms with Crippen LogP contribution in [0.2, 0.25) is 0 Å². The van der Waals surface area contributed by atoms with Crippen LogP contribution in [-0.2, 0) is 0 Å². The molecule has 1 unspecified atom stereocenters. The molecular formula is C15H16BrNO2. The molecule has 0 saturated heterocycles. The van der Waals surface area contributed by atoms with Crippen LogP contribution >= 0.6 is 15.9 Å². The molecule has 0 radical (unpaired) electrons. The van der Waals surface area contributed by atoms with E-state index in [4.69, 9.17) is 4.42 Å².